The standard InChI is InChI=1S/C19H27N3O4/c1-25-16-9-13-7-8-22(11-14(13)10-17(16)26-2)12-18(23)21-19(24)20-15-5-3-4-6-15/h9-10,15H,3-8,11-12H2,1-2H3,(H2,20,21,23,24). The van der Waals surface area contributed by atoms with Crippen LogP contribution < -0.4 is 20.1 Å². The number of carbonyl (C=O) groups excluding carboxylic acids is 2. The van der Waals surface area contributed by atoms with Gasteiger partial charge in [-0.2, -0.15) is 0 Å². The Morgan fingerprint density at radius 1 is 1.12 bits per heavy atom. The summed E-state index contributed by atoms with van der Waals surface area (Å²) in [6.07, 6.45) is 5.10. The average Bonchev–Trinajstić information content (AvgIpc) is 3.12. The average molecular weight is 361 g/mol. The Kier molecular flexibility index (Phi) is 5.98. The van der Waals surface area contributed by atoms with E-state index in [2.05, 4.69) is 10.6 Å². The van der Waals surface area contributed by atoms with E-state index >= 15 is 0 Å². The molecule has 1 aliphatic heterocycles. The highest BCUT2D eigenvalue weighted by Gasteiger charge is 2.23. The summed E-state index contributed by atoms with van der Waals surface area (Å²) in [5, 5.41) is 5.31. The van der Waals surface area contributed by atoms with E-state index in [9.17, 15) is 9.59 Å². The highest BCUT2D eigenvalue weighted by atomic mass is 16.5. The monoisotopic (exact) mass is 361 g/mol. The van der Waals surface area contributed by atoms with E-state index in [-0.39, 0.29) is 24.5 Å². The second kappa shape index (κ2) is 8.40. The first-order chi connectivity index (χ1) is 12.6. The summed E-state index contributed by atoms with van der Waals surface area (Å²) in [5.74, 6) is 1.14. The minimum absolute atomic E-state index is 0.200. The molecule has 1 heterocycles. The van der Waals surface area contributed by atoms with Gasteiger partial charge in [-0.1, -0.05) is 12.8 Å². The van der Waals surface area contributed by atoms with E-state index in [1.807, 2.05) is 17.0 Å². The topological polar surface area (TPSA) is 79.9 Å². The van der Waals surface area contributed by atoms with Crippen LogP contribution in [0.3, 0.4) is 0 Å². The van der Waals surface area contributed by atoms with Gasteiger partial charge in [0.05, 0.1) is 20.8 Å². The highest BCUT2D eigenvalue weighted by Crippen LogP contribution is 2.33. The summed E-state index contributed by atoms with van der Waals surface area (Å²) in [4.78, 5) is 26.1. The zero-order valence-electron chi connectivity index (χ0n) is 15.5. The summed E-state index contributed by atoms with van der Waals surface area (Å²) in [7, 11) is 3.24. The molecule has 1 aromatic rings. The van der Waals surface area contributed by atoms with Crippen molar-refractivity contribution >= 4 is 11.9 Å². The van der Waals surface area contributed by atoms with Crippen molar-refractivity contribution in [2.75, 3.05) is 27.3 Å². The summed E-state index contributed by atoms with van der Waals surface area (Å²) in [5.41, 5.74) is 2.33. The van der Waals surface area contributed by atoms with Crippen LogP contribution in [0.25, 0.3) is 0 Å². The van der Waals surface area contributed by atoms with Crippen LogP contribution in [0.15, 0.2) is 12.1 Å². The fraction of sp³-hybridized carbons (Fsp3) is 0.579. The SMILES string of the molecule is COc1cc2c(cc1OC)CN(CC(=O)NC(=O)NC1CCCC1)CC2. The molecule has 1 saturated carbocycles. The molecule has 0 bridgehead atoms. The molecule has 0 saturated heterocycles. The van der Waals surface area contributed by atoms with Crippen molar-refractivity contribution in [2.45, 2.75) is 44.7 Å². The Morgan fingerprint density at radius 2 is 1.77 bits per heavy atom. The van der Waals surface area contributed by atoms with Crippen molar-refractivity contribution < 1.29 is 19.1 Å². The van der Waals surface area contributed by atoms with Gasteiger partial charge in [-0.3, -0.25) is 15.0 Å². The lowest BCUT2D eigenvalue weighted by molar-refractivity contribution is -0.121. The van der Waals surface area contributed by atoms with Crippen molar-refractivity contribution in [1.29, 1.82) is 0 Å². The molecular formula is C19H27N3O4. The largest absolute Gasteiger partial charge is 0.493 e. The van der Waals surface area contributed by atoms with Crippen LogP contribution in [0.2, 0.25) is 0 Å². The van der Waals surface area contributed by atoms with Gasteiger partial charge in [-0.05, 0) is 42.5 Å². The third-order valence-electron chi connectivity index (χ3n) is 5.11. The maximum absolute atomic E-state index is 12.2. The molecule has 2 aliphatic rings. The second-order valence-electron chi connectivity index (χ2n) is 6.94. The summed E-state index contributed by atoms with van der Waals surface area (Å²) < 4.78 is 10.7. The van der Waals surface area contributed by atoms with Gasteiger partial charge in [-0.25, -0.2) is 4.79 Å². The molecule has 1 aromatic carbocycles. The van der Waals surface area contributed by atoms with Crippen LogP contribution in [-0.4, -0.2) is 50.2 Å². The predicted octanol–water partition coefficient (Wildman–Crippen LogP) is 1.83. The number of ether oxygens (including phenoxy) is 2. The van der Waals surface area contributed by atoms with E-state index in [4.69, 9.17) is 9.47 Å². The number of hydrogen-bond donors (Lipinski definition) is 2. The number of amides is 3. The van der Waals surface area contributed by atoms with Crippen molar-refractivity contribution in [2.24, 2.45) is 0 Å². The Bertz CT molecular complexity index is 671. The molecule has 7 nitrogen and oxygen atoms in total. The van der Waals surface area contributed by atoms with Gasteiger partial charge >= 0.3 is 6.03 Å². The fourth-order valence-corrected chi connectivity index (χ4v) is 3.74. The van der Waals surface area contributed by atoms with E-state index in [0.29, 0.717) is 12.3 Å². The van der Waals surface area contributed by atoms with Crippen molar-refractivity contribution in [1.82, 2.24) is 15.5 Å². The molecule has 1 fully saturated rings. The smallest absolute Gasteiger partial charge is 0.321 e. The summed E-state index contributed by atoms with van der Waals surface area (Å²) in [6.45, 7) is 1.61. The van der Waals surface area contributed by atoms with Crippen LogP contribution in [0.4, 0.5) is 4.79 Å². The lowest BCUT2D eigenvalue weighted by Gasteiger charge is -2.29. The van der Waals surface area contributed by atoms with Crippen LogP contribution in [0.5, 0.6) is 11.5 Å². The van der Waals surface area contributed by atoms with Crippen LogP contribution in [-0.2, 0) is 17.8 Å². The maximum atomic E-state index is 12.2. The number of fused-ring (bicyclic) bond motifs is 1. The van der Waals surface area contributed by atoms with Crippen LogP contribution in [0, 0.1) is 0 Å². The molecule has 3 rings (SSSR count). The van der Waals surface area contributed by atoms with Crippen LogP contribution in [0.1, 0.15) is 36.8 Å². The molecule has 3 amide bonds. The first-order valence-corrected chi connectivity index (χ1v) is 9.15. The number of rotatable bonds is 5. The van der Waals surface area contributed by atoms with Crippen molar-refractivity contribution in [3.05, 3.63) is 23.3 Å². The van der Waals surface area contributed by atoms with Gasteiger partial charge in [-0.15, -0.1) is 0 Å². The Morgan fingerprint density at radius 3 is 2.42 bits per heavy atom. The number of nitrogens with one attached hydrogen (secondary N) is 2. The summed E-state index contributed by atoms with van der Waals surface area (Å²) >= 11 is 0. The highest BCUT2D eigenvalue weighted by molar-refractivity contribution is 5.95. The third kappa shape index (κ3) is 4.46. The third-order valence-corrected chi connectivity index (χ3v) is 5.11. The molecule has 0 aromatic heterocycles. The number of carbonyl (C=O) groups is 2. The number of nitrogens with zero attached hydrogens (tertiary/aromatic N) is 1. The number of benzene rings is 1. The quantitative estimate of drug-likeness (QED) is 0.836. The number of imide groups is 1. The molecule has 26 heavy (non-hydrogen) atoms. The second-order valence-corrected chi connectivity index (χ2v) is 6.94. The van der Waals surface area contributed by atoms with Gasteiger partial charge in [0.1, 0.15) is 0 Å². The van der Waals surface area contributed by atoms with E-state index in [0.717, 1.165) is 50.0 Å². The zero-order chi connectivity index (χ0) is 18.5. The first-order valence-electron chi connectivity index (χ1n) is 9.15. The lowest BCUT2D eigenvalue weighted by Crippen LogP contribution is -2.47. The van der Waals surface area contributed by atoms with Gasteiger partial charge in [0.25, 0.3) is 0 Å². The molecule has 0 radical (unpaired) electrons. The Hall–Kier alpha value is -2.28. The van der Waals surface area contributed by atoms with Gasteiger partial charge in [0, 0.05) is 19.1 Å². The van der Waals surface area contributed by atoms with Crippen LogP contribution >= 0.6 is 0 Å². The Balaban J connectivity index is 1.53. The molecule has 1 aliphatic carbocycles. The molecule has 2 N–H and O–H groups in total. The minimum atomic E-state index is -0.384. The fourth-order valence-electron chi connectivity index (χ4n) is 3.74. The number of hydrogen-bond acceptors (Lipinski definition) is 5. The molecule has 142 valence electrons. The van der Waals surface area contributed by atoms with Gasteiger partial charge in [0.2, 0.25) is 5.91 Å². The number of methoxy groups -OCH3 is 2. The van der Waals surface area contributed by atoms with E-state index in [1.54, 1.807) is 14.2 Å². The van der Waals surface area contributed by atoms with E-state index in [1.165, 1.54) is 5.56 Å². The first kappa shape index (κ1) is 18.5. The van der Waals surface area contributed by atoms with Crippen molar-refractivity contribution in [3.63, 3.8) is 0 Å². The van der Waals surface area contributed by atoms with Crippen molar-refractivity contribution in [3.8, 4) is 11.5 Å². The molecule has 0 unspecified atom stereocenters. The molecule has 0 atom stereocenters. The molecular weight excluding hydrogens is 334 g/mol. The molecule has 0 spiro atoms. The lowest BCUT2D eigenvalue weighted by atomic mass is 9.99. The normalized spacial score (nSPS) is 17.5. The van der Waals surface area contributed by atoms with Gasteiger partial charge in [0.15, 0.2) is 11.5 Å². The number of urea groups is 1. The predicted molar refractivity (Wildman–Crippen MR) is 97.5 cm³/mol. The zero-order valence-corrected chi connectivity index (χ0v) is 15.5. The van der Waals surface area contributed by atoms with Gasteiger partial charge < -0.3 is 14.8 Å². The Labute approximate surface area is 154 Å². The maximum Gasteiger partial charge on any atom is 0.321 e. The summed E-state index contributed by atoms with van der Waals surface area (Å²) in [6, 6.07) is 3.78. The van der Waals surface area contributed by atoms with E-state index < -0.39 is 0 Å². The molecule has 7 heteroatoms. The minimum Gasteiger partial charge on any atom is -0.493 e.